The van der Waals surface area contributed by atoms with Crippen molar-refractivity contribution < 1.29 is 9.53 Å². The third kappa shape index (κ3) is 4.78. The van der Waals surface area contributed by atoms with Gasteiger partial charge in [-0.2, -0.15) is 0 Å². The monoisotopic (exact) mass is 393 g/mol. The number of rotatable bonds is 8. The van der Waals surface area contributed by atoms with Gasteiger partial charge in [0.15, 0.2) is 0 Å². The summed E-state index contributed by atoms with van der Waals surface area (Å²) in [6.45, 7) is 11.5. The summed E-state index contributed by atoms with van der Waals surface area (Å²) < 4.78 is 8.36. The van der Waals surface area contributed by atoms with Crippen molar-refractivity contribution in [2.45, 2.75) is 59.5 Å². The fraction of sp³-hybridized carbons (Fsp3) is 0.417. The Morgan fingerprint density at radius 2 is 1.93 bits per heavy atom. The molecule has 1 unspecified atom stereocenters. The molecule has 1 amide bonds. The number of aryl methyl sites for hydroxylation is 1. The van der Waals surface area contributed by atoms with E-state index in [4.69, 9.17) is 9.72 Å². The topological polar surface area (TPSA) is 56.2 Å². The van der Waals surface area contributed by atoms with E-state index in [1.807, 2.05) is 32.0 Å². The largest absolute Gasteiger partial charge is 0.491 e. The number of para-hydroxylation sites is 2. The zero-order valence-corrected chi connectivity index (χ0v) is 18.0. The van der Waals surface area contributed by atoms with Gasteiger partial charge in [-0.25, -0.2) is 4.98 Å². The molecule has 3 rings (SSSR count). The Bertz CT molecular complexity index is 991. The highest BCUT2D eigenvalue weighted by Gasteiger charge is 2.18. The van der Waals surface area contributed by atoms with Crippen LogP contribution >= 0.6 is 0 Å². The van der Waals surface area contributed by atoms with Gasteiger partial charge in [-0.3, -0.25) is 4.79 Å². The van der Waals surface area contributed by atoms with E-state index >= 15 is 0 Å². The zero-order valence-electron chi connectivity index (χ0n) is 18.0. The van der Waals surface area contributed by atoms with Gasteiger partial charge < -0.3 is 14.6 Å². The Labute approximate surface area is 173 Å². The molecule has 0 saturated heterocycles. The van der Waals surface area contributed by atoms with Crippen LogP contribution < -0.4 is 10.1 Å². The number of fused-ring (bicyclic) bond motifs is 1. The Balaban J connectivity index is 1.84. The summed E-state index contributed by atoms with van der Waals surface area (Å²) in [5.41, 5.74) is 4.39. The first-order valence-corrected chi connectivity index (χ1v) is 10.4. The van der Waals surface area contributed by atoms with Crippen LogP contribution in [0.1, 0.15) is 63.0 Å². The van der Waals surface area contributed by atoms with E-state index in [0.29, 0.717) is 25.5 Å². The third-order valence-electron chi connectivity index (χ3n) is 5.13. The van der Waals surface area contributed by atoms with E-state index < -0.39 is 0 Å². The normalized spacial score (nSPS) is 12.3. The predicted molar refractivity (Wildman–Crippen MR) is 117 cm³/mol. The molecule has 0 spiro atoms. The van der Waals surface area contributed by atoms with Gasteiger partial charge in [0.05, 0.1) is 23.6 Å². The van der Waals surface area contributed by atoms with Gasteiger partial charge in [-0.05, 0) is 49.1 Å². The standard InChI is InChI=1S/C24H31N3O2/c1-6-23(28)25-18(5)24-26-20-9-7-8-10-21(20)27(24)13-14-29-22-15-17(4)11-12-19(22)16(2)3/h7-12,15-16,18H,6,13-14H2,1-5H3,(H,25,28). The number of nitrogens with one attached hydrogen (secondary N) is 1. The minimum Gasteiger partial charge on any atom is -0.491 e. The van der Waals surface area contributed by atoms with Crippen molar-refractivity contribution in [3.05, 3.63) is 59.4 Å². The first-order chi connectivity index (χ1) is 13.9. The second-order valence-corrected chi connectivity index (χ2v) is 7.80. The van der Waals surface area contributed by atoms with E-state index in [-0.39, 0.29) is 11.9 Å². The number of ether oxygens (including phenoxy) is 1. The van der Waals surface area contributed by atoms with Gasteiger partial charge in [-0.1, -0.05) is 45.0 Å². The van der Waals surface area contributed by atoms with Crippen LogP contribution in [-0.4, -0.2) is 22.1 Å². The molecule has 1 N–H and O–H groups in total. The van der Waals surface area contributed by atoms with Gasteiger partial charge in [0, 0.05) is 6.42 Å². The molecule has 5 nitrogen and oxygen atoms in total. The van der Waals surface area contributed by atoms with Crippen molar-refractivity contribution in [1.82, 2.24) is 14.9 Å². The number of benzene rings is 2. The summed E-state index contributed by atoms with van der Waals surface area (Å²) in [5, 5.41) is 3.02. The molecular weight excluding hydrogens is 362 g/mol. The van der Waals surface area contributed by atoms with E-state index in [2.05, 4.69) is 54.9 Å². The van der Waals surface area contributed by atoms with Crippen LogP contribution in [-0.2, 0) is 11.3 Å². The smallest absolute Gasteiger partial charge is 0.220 e. The fourth-order valence-corrected chi connectivity index (χ4v) is 3.56. The molecule has 1 heterocycles. The van der Waals surface area contributed by atoms with Gasteiger partial charge in [0.1, 0.15) is 18.2 Å². The molecule has 0 bridgehead atoms. The molecule has 3 aromatic rings. The van der Waals surface area contributed by atoms with Gasteiger partial charge >= 0.3 is 0 Å². The minimum atomic E-state index is -0.167. The third-order valence-corrected chi connectivity index (χ3v) is 5.13. The van der Waals surface area contributed by atoms with Crippen molar-refractivity contribution in [2.75, 3.05) is 6.61 Å². The average Bonchev–Trinajstić information content (AvgIpc) is 3.06. The van der Waals surface area contributed by atoms with Crippen LogP contribution in [0.25, 0.3) is 11.0 Å². The van der Waals surface area contributed by atoms with Crippen LogP contribution in [0.5, 0.6) is 5.75 Å². The number of hydrogen-bond acceptors (Lipinski definition) is 3. The fourth-order valence-electron chi connectivity index (χ4n) is 3.56. The number of imidazole rings is 1. The summed E-state index contributed by atoms with van der Waals surface area (Å²) in [5.74, 6) is 2.22. The van der Waals surface area contributed by atoms with Crippen LogP contribution in [0.2, 0.25) is 0 Å². The molecule has 0 aliphatic heterocycles. The SMILES string of the molecule is CCC(=O)NC(C)c1nc2ccccc2n1CCOc1cc(C)ccc1C(C)C. The first-order valence-electron chi connectivity index (χ1n) is 10.4. The number of aromatic nitrogens is 2. The number of nitrogens with zero attached hydrogens (tertiary/aromatic N) is 2. The molecule has 5 heteroatoms. The molecule has 2 aromatic carbocycles. The van der Waals surface area contributed by atoms with Crippen molar-refractivity contribution >= 4 is 16.9 Å². The summed E-state index contributed by atoms with van der Waals surface area (Å²) in [6.07, 6.45) is 0.457. The van der Waals surface area contributed by atoms with E-state index in [1.165, 1.54) is 11.1 Å². The maximum Gasteiger partial charge on any atom is 0.220 e. The van der Waals surface area contributed by atoms with Crippen LogP contribution in [0.15, 0.2) is 42.5 Å². The lowest BCUT2D eigenvalue weighted by atomic mass is 10.0. The van der Waals surface area contributed by atoms with Crippen molar-refractivity contribution in [3.63, 3.8) is 0 Å². The molecule has 154 valence electrons. The molecule has 1 aromatic heterocycles. The lowest BCUT2D eigenvalue weighted by molar-refractivity contribution is -0.121. The van der Waals surface area contributed by atoms with E-state index in [1.54, 1.807) is 0 Å². The molecule has 1 atom stereocenters. The van der Waals surface area contributed by atoms with Gasteiger partial charge in [0.2, 0.25) is 5.91 Å². The van der Waals surface area contributed by atoms with E-state index in [9.17, 15) is 4.79 Å². The first kappa shape index (κ1) is 20.9. The molecule has 29 heavy (non-hydrogen) atoms. The van der Waals surface area contributed by atoms with Crippen molar-refractivity contribution in [3.8, 4) is 5.75 Å². The van der Waals surface area contributed by atoms with Gasteiger partial charge in [0.25, 0.3) is 0 Å². The predicted octanol–water partition coefficient (Wildman–Crippen LogP) is 5.13. The minimum absolute atomic E-state index is 0.0219. The Hall–Kier alpha value is -2.82. The van der Waals surface area contributed by atoms with Crippen molar-refractivity contribution in [2.24, 2.45) is 0 Å². The highest BCUT2D eigenvalue weighted by molar-refractivity contribution is 5.77. The molecule has 0 aliphatic rings. The summed E-state index contributed by atoms with van der Waals surface area (Å²) >= 11 is 0. The van der Waals surface area contributed by atoms with Crippen LogP contribution in [0.3, 0.4) is 0 Å². The molecule has 0 aliphatic carbocycles. The maximum absolute atomic E-state index is 11.9. The highest BCUT2D eigenvalue weighted by atomic mass is 16.5. The Morgan fingerprint density at radius 3 is 2.66 bits per heavy atom. The summed E-state index contributed by atoms with van der Waals surface area (Å²) in [4.78, 5) is 16.7. The number of carbonyl (C=O) groups excluding carboxylic acids is 1. The summed E-state index contributed by atoms with van der Waals surface area (Å²) in [6, 6.07) is 14.3. The van der Waals surface area contributed by atoms with Crippen molar-refractivity contribution in [1.29, 1.82) is 0 Å². The molecular formula is C24H31N3O2. The Morgan fingerprint density at radius 1 is 1.17 bits per heavy atom. The zero-order chi connectivity index (χ0) is 21.0. The van der Waals surface area contributed by atoms with Crippen LogP contribution in [0, 0.1) is 6.92 Å². The molecule has 0 saturated carbocycles. The highest BCUT2D eigenvalue weighted by Crippen LogP contribution is 2.28. The number of amides is 1. The molecule has 0 fully saturated rings. The average molecular weight is 394 g/mol. The van der Waals surface area contributed by atoms with E-state index in [0.717, 1.165) is 22.6 Å². The quantitative estimate of drug-likeness (QED) is 0.577. The Kier molecular flexibility index (Phi) is 6.57. The number of carbonyl (C=O) groups is 1. The maximum atomic E-state index is 11.9. The second-order valence-electron chi connectivity index (χ2n) is 7.80. The molecule has 0 radical (unpaired) electrons. The summed E-state index contributed by atoms with van der Waals surface area (Å²) in [7, 11) is 0. The number of hydrogen-bond donors (Lipinski definition) is 1. The lowest BCUT2D eigenvalue weighted by Gasteiger charge is -2.18. The van der Waals surface area contributed by atoms with Gasteiger partial charge in [-0.15, -0.1) is 0 Å². The second kappa shape index (κ2) is 9.12. The lowest BCUT2D eigenvalue weighted by Crippen LogP contribution is -2.28. The van der Waals surface area contributed by atoms with Crippen LogP contribution in [0.4, 0.5) is 0 Å².